The van der Waals surface area contributed by atoms with Crippen molar-refractivity contribution in [3.8, 4) is 0 Å². The maximum Gasteiger partial charge on any atom is 0.410 e. The van der Waals surface area contributed by atoms with Crippen molar-refractivity contribution in [3.63, 3.8) is 0 Å². The molecular weight excluding hydrogens is 675 g/mol. The summed E-state index contributed by atoms with van der Waals surface area (Å²) in [5.41, 5.74) is 0.788. The number of fused-ring (bicyclic) bond motifs is 3. The van der Waals surface area contributed by atoms with Crippen LogP contribution in [0.2, 0.25) is 0 Å². The molecule has 0 radical (unpaired) electrons. The van der Waals surface area contributed by atoms with Crippen molar-refractivity contribution >= 4 is 45.8 Å². The van der Waals surface area contributed by atoms with Gasteiger partial charge in [-0.25, -0.2) is 13.2 Å². The molecule has 3 N–H and O–H groups in total. The first-order valence-electron chi connectivity index (χ1n) is 18.0. The van der Waals surface area contributed by atoms with Gasteiger partial charge in [0.2, 0.25) is 27.7 Å². The highest BCUT2D eigenvalue weighted by molar-refractivity contribution is 7.91. The highest BCUT2D eigenvalue weighted by Gasteiger charge is 2.62. The average Bonchev–Trinajstić information content (AvgIpc) is 3.96. The van der Waals surface area contributed by atoms with Gasteiger partial charge in [0.05, 0.1) is 18.3 Å². The SMILES string of the molecule is C=C[C@@H]1C[C@]1(NC(=O)[C@@H]1C[C@@H]2CN1C(=O)[C@H](C(C)(C)C)NC(=O)CCCCC/C=C/c1cccc3c1CN(C3)C(=O)O2)C(=O)NS(=O)(=O)C1CC1. The van der Waals surface area contributed by atoms with E-state index >= 15 is 0 Å². The van der Waals surface area contributed by atoms with E-state index < -0.39 is 74.1 Å². The van der Waals surface area contributed by atoms with Crippen LogP contribution in [0.3, 0.4) is 0 Å². The smallest absolute Gasteiger partial charge is 0.410 e. The van der Waals surface area contributed by atoms with Gasteiger partial charge in [0.1, 0.15) is 23.7 Å². The fourth-order valence-corrected chi connectivity index (χ4v) is 8.69. The van der Waals surface area contributed by atoms with Gasteiger partial charge in [-0.3, -0.25) is 28.8 Å². The minimum Gasteiger partial charge on any atom is -0.444 e. The molecule has 2 aliphatic carbocycles. The number of carbonyl (C=O) groups is 5. The second kappa shape index (κ2) is 14.1. The first kappa shape index (κ1) is 36.6. The zero-order valence-electron chi connectivity index (χ0n) is 29.6. The number of sulfonamides is 1. The summed E-state index contributed by atoms with van der Waals surface area (Å²) < 4.78 is 33.4. The zero-order valence-corrected chi connectivity index (χ0v) is 30.4. The summed E-state index contributed by atoms with van der Waals surface area (Å²) in [7, 11) is -3.89. The summed E-state index contributed by atoms with van der Waals surface area (Å²) >= 11 is 0. The standard InChI is InChI=1S/C37H49N5O8S/c1-5-25-19-37(25,34(46)40-51(48,49)27-16-17-27)39-32(44)29-18-26-21-42(29)33(45)31(36(2,3)4)38-30(43)15-10-8-6-7-9-12-23-13-11-14-24-20-41(22-28(23)24)35(47)50-26/h5,9,11-14,25-27,29,31H,1,6-8,10,15-22H2,2-4H3,(H,38,43)(H,39,44)(H,40,46)/b12-9+/t25-,26-,29+,31-,37-/m1/s1. The molecule has 3 heterocycles. The lowest BCUT2D eigenvalue weighted by molar-refractivity contribution is -0.144. The Kier molecular flexibility index (Phi) is 10.1. The number of rotatable bonds is 6. The summed E-state index contributed by atoms with van der Waals surface area (Å²) in [6, 6.07) is 3.79. The Morgan fingerprint density at radius 2 is 1.86 bits per heavy atom. The van der Waals surface area contributed by atoms with E-state index in [1.807, 2.05) is 39.0 Å². The van der Waals surface area contributed by atoms with E-state index in [4.69, 9.17) is 4.74 Å². The number of hydrogen-bond donors (Lipinski definition) is 3. The van der Waals surface area contributed by atoms with Crippen LogP contribution in [0.1, 0.15) is 95.2 Å². The molecule has 276 valence electrons. The van der Waals surface area contributed by atoms with Gasteiger partial charge >= 0.3 is 6.09 Å². The second-order valence-corrected chi connectivity index (χ2v) is 17.6. The first-order chi connectivity index (χ1) is 24.1. The van der Waals surface area contributed by atoms with Crippen molar-refractivity contribution in [3.05, 3.63) is 53.6 Å². The first-order valence-corrected chi connectivity index (χ1v) is 19.5. The van der Waals surface area contributed by atoms with Gasteiger partial charge in [0.15, 0.2) is 0 Å². The Labute approximate surface area is 299 Å². The third-order valence-corrected chi connectivity index (χ3v) is 12.5. The molecule has 14 heteroatoms. The van der Waals surface area contributed by atoms with Gasteiger partial charge in [0, 0.05) is 25.3 Å². The van der Waals surface area contributed by atoms with E-state index in [9.17, 15) is 32.4 Å². The highest BCUT2D eigenvalue weighted by atomic mass is 32.2. The zero-order chi connectivity index (χ0) is 36.7. The van der Waals surface area contributed by atoms with E-state index in [0.29, 0.717) is 32.4 Å². The van der Waals surface area contributed by atoms with Crippen LogP contribution in [-0.4, -0.2) is 83.5 Å². The van der Waals surface area contributed by atoms with E-state index in [2.05, 4.69) is 34.1 Å². The number of benzene rings is 1. The molecule has 2 saturated carbocycles. The number of hydrogen-bond acceptors (Lipinski definition) is 8. The molecule has 1 saturated heterocycles. The normalized spacial score (nSPS) is 29.4. The van der Waals surface area contributed by atoms with Gasteiger partial charge in [-0.1, -0.05) is 63.6 Å². The van der Waals surface area contributed by atoms with Crippen molar-refractivity contribution in [2.75, 3.05) is 6.54 Å². The molecule has 5 atom stereocenters. The molecule has 0 aromatic heterocycles. The van der Waals surface area contributed by atoms with Gasteiger partial charge in [0.25, 0.3) is 5.91 Å². The number of carbonyl (C=O) groups excluding carboxylic acids is 5. The number of nitrogens with zero attached hydrogens (tertiary/aromatic N) is 2. The third-order valence-electron chi connectivity index (χ3n) is 10.6. The van der Waals surface area contributed by atoms with Gasteiger partial charge in [-0.15, -0.1) is 6.58 Å². The Morgan fingerprint density at radius 3 is 2.55 bits per heavy atom. The van der Waals surface area contributed by atoms with Crippen molar-refractivity contribution in [2.45, 2.75) is 121 Å². The summed E-state index contributed by atoms with van der Waals surface area (Å²) in [5.74, 6) is -2.85. The van der Waals surface area contributed by atoms with Gasteiger partial charge in [-0.2, -0.15) is 0 Å². The molecule has 0 spiro atoms. The van der Waals surface area contributed by atoms with Crippen LogP contribution in [-0.2, 0) is 47.0 Å². The molecule has 4 bridgehead atoms. The second-order valence-electron chi connectivity index (χ2n) is 15.6. The lowest BCUT2D eigenvalue weighted by Gasteiger charge is -2.35. The molecule has 5 amide bonds. The third kappa shape index (κ3) is 7.85. The predicted molar refractivity (Wildman–Crippen MR) is 189 cm³/mol. The molecular formula is C37H49N5O8S. The van der Waals surface area contributed by atoms with E-state index in [-0.39, 0.29) is 31.7 Å². The van der Waals surface area contributed by atoms with Crippen LogP contribution in [0, 0.1) is 11.3 Å². The van der Waals surface area contributed by atoms with Gasteiger partial charge < -0.3 is 20.3 Å². The summed E-state index contributed by atoms with van der Waals surface area (Å²) in [6.07, 6.45) is 8.68. The minimum atomic E-state index is -3.89. The molecule has 1 aromatic rings. The Morgan fingerprint density at radius 1 is 1.10 bits per heavy atom. The van der Waals surface area contributed by atoms with E-state index in [0.717, 1.165) is 36.0 Å². The number of ether oxygens (including phenoxy) is 1. The largest absolute Gasteiger partial charge is 0.444 e. The van der Waals surface area contributed by atoms with E-state index in [1.54, 1.807) is 4.90 Å². The van der Waals surface area contributed by atoms with E-state index in [1.165, 1.54) is 11.0 Å². The molecule has 0 unspecified atom stereocenters. The van der Waals surface area contributed by atoms with Crippen LogP contribution >= 0.6 is 0 Å². The maximum atomic E-state index is 14.4. The summed E-state index contributed by atoms with van der Waals surface area (Å²) in [5, 5.41) is 5.03. The lowest BCUT2D eigenvalue weighted by atomic mass is 9.85. The van der Waals surface area contributed by atoms with Crippen LogP contribution in [0.15, 0.2) is 36.9 Å². The van der Waals surface area contributed by atoms with Crippen LogP contribution in [0.4, 0.5) is 4.79 Å². The molecule has 51 heavy (non-hydrogen) atoms. The fourth-order valence-electron chi connectivity index (χ4n) is 7.33. The maximum absolute atomic E-state index is 14.4. The van der Waals surface area contributed by atoms with Crippen LogP contribution in [0.25, 0.3) is 6.08 Å². The van der Waals surface area contributed by atoms with Crippen LogP contribution in [0.5, 0.6) is 0 Å². The predicted octanol–water partition coefficient (Wildman–Crippen LogP) is 3.29. The quantitative estimate of drug-likeness (QED) is 0.376. The fraction of sp³-hybridized carbons (Fsp3) is 0.595. The summed E-state index contributed by atoms with van der Waals surface area (Å²) in [4.78, 5) is 71.6. The molecule has 13 nitrogen and oxygen atoms in total. The average molecular weight is 724 g/mol. The molecule has 3 aliphatic heterocycles. The molecule has 1 aromatic carbocycles. The Balaban J connectivity index is 1.27. The summed E-state index contributed by atoms with van der Waals surface area (Å²) in [6.45, 7) is 9.82. The molecule has 5 aliphatic rings. The molecule has 3 fully saturated rings. The number of amides is 5. The Bertz CT molecular complexity index is 1750. The lowest BCUT2D eigenvalue weighted by Crippen LogP contribution is -2.60. The van der Waals surface area contributed by atoms with Gasteiger partial charge in [-0.05, 0) is 60.6 Å². The number of allylic oxidation sites excluding steroid dienone is 1. The van der Waals surface area contributed by atoms with Crippen molar-refractivity contribution in [1.29, 1.82) is 0 Å². The van der Waals surface area contributed by atoms with Crippen molar-refractivity contribution < 1.29 is 37.1 Å². The van der Waals surface area contributed by atoms with Crippen LogP contribution < -0.4 is 15.4 Å². The highest BCUT2D eigenvalue weighted by Crippen LogP contribution is 2.45. The van der Waals surface area contributed by atoms with Crippen molar-refractivity contribution in [1.82, 2.24) is 25.2 Å². The topological polar surface area (TPSA) is 171 Å². The minimum absolute atomic E-state index is 0.0558. The molecule has 6 rings (SSSR count). The van der Waals surface area contributed by atoms with Crippen molar-refractivity contribution in [2.24, 2.45) is 11.3 Å². The Hall–Kier alpha value is -4.20. The number of nitrogens with one attached hydrogen (secondary N) is 3. The monoisotopic (exact) mass is 723 g/mol.